The number of methoxy groups -OCH3 is 1. The number of esters is 1. The molecule has 0 aliphatic carbocycles. The fourth-order valence-corrected chi connectivity index (χ4v) is 1.33. The molecule has 0 bridgehead atoms. The van der Waals surface area contributed by atoms with Gasteiger partial charge in [-0.05, 0) is 24.6 Å². The number of benzene rings is 1. The Balaban J connectivity index is 2.92. The maximum absolute atomic E-state index is 11.6. The number of phenolic OH excluding ortho intramolecular Hbond substituents is 1. The lowest BCUT2D eigenvalue weighted by atomic mass is 10.1. The zero-order chi connectivity index (χ0) is 12.8. The van der Waals surface area contributed by atoms with E-state index in [4.69, 9.17) is 9.47 Å². The molecule has 1 N–H and O–H groups in total. The third-order valence-corrected chi connectivity index (χ3v) is 2.20. The van der Waals surface area contributed by atoms with E-state index >= 15 is 0 Å². The normalized spacial score (nSPS) is 10.0. The first-order valence-corrected chi connectivity index (χ1v) is 5.05. The molecule has 1 aromatic rings. The summed E-state index contributed by atoms with van der Waals surface area (Å²) in [6, 6.07) is 2.79. The van der Waals surface area contributed by atoms with Crippen LogP contribution in [0.4, 0.5) is 0 Å². The smallest absolute Gasteiger partial charge is 0.342 e. The lowest BCUT2D eigenvalue weighted by Gasteiger charge is -2.08. The third-order valence-electron chi connectivity index (χ3n) is 2.20. The molecule has 92 valence electrons. The predicted molar refractivity (Wildman–Crippen MR) is 60.4 cm³/mol. The van der Waals surface area contributed by atoms with Crippen LogP contribution in [-0.2, 0) is 9.47 Å². The monoisotopic (exact) mass is 238 g/mol. The largest absolute Gasteiger partial charge is 0.507 e. The van der Waals surface area contributed by atoms with Crippen LogP contribution in [0.2, 0.25) is 0 Å². The highest BCUT2D eigenvalue weighted by Crippen LogP contribution is 2.24. The molecule has 0 aromatic heterocycles. The molecule has 0 amide bonds. The summed E-state index contributed by atoms with van der Waals surface area (Å²) in [6.45, 7) is 1.98. The van der Waals surface area contributed by atoms with Crippen LogP contribution in [0.25, 0.3) is 0 Å². The van der Waals surface area contributed by atoms with Crippen molar-refractivity contribution in [2.45, 2.75) is 6.92 Å². The second-order valence-corrected chi connectivity index (χ2v) is 3.48. The summed E-state index contributed by atoms with van der Waals surface area (Å²) in [6.07, 6.45) is 0.609. The van der Waals surface area contributed by atoms with Crippen LogP contribution in [0.3, 0.4) is 0 Å². The minimum atomic E-state index is -0.675. The number of aryl methyl sites for hydroxylation is 1. The van der Waals surface area contributed by atoms with Crippen molar-refractivity contribution in [1.82, 2.24) is 0 Å². The number of ether oxygens (including phenoxy) is 2. The molecule has 0 aliphatic rings. The van der Waals surface area contributed by atoms with Gasteiger partial charge in [0.1, 0.15) is 24.2 Å². The van der Waals surface area contributed by atoms with Crippen molar-refractivity contribution in [3.8, 4) is 5.75 Å². The van der Waals surface area contributed by atoms with Gasteiger partial charge in [-0.15, -0.1) is 0 Å². The Kier molecular flexibility index (Phi) is 4.66. The molecule has 5 heteroatoms. The van der Waals surface area contributed by atoms with Gasteiger partial charge in [0.25, 0.3) is 0 Å². The first kappa shape index (κ1) is 13.2. The molecule has 0 unspecified atom stereocenters. The molecule has 0 heterocycles. The van der Waals surface area contributed by atoms with Crippen LogP contribution < -0.4 is 0 Å². The van der Waals surface area contributed by atoms with Gasteiger partial charge >= 0.3 is 5.97 Å². The van der Waals surface area contributed by atoms with Crippen LogP contribution in [0.5, 0.6) is 5.75 Å². The van der Waals surface area contributed by atoms with Gasteiger partial charge in [-0.2, -0.15) is 0 Å². The molecule has 0 spiro atoms. The van der Waals surface area contributed by atoms with E-state index < -0.39 is 5.97 Å². The van der Waals surface area contributed by atoms with Crippen molar-refractivity contribution in [2.24, 2.45) is 0 Å². The van der Waals surface area contributed by atoms with E-state index in [9.17, 15) is 14.7 Å². The number of carbonyl (C=O) groups excluding carboxylic acids is 2. The summed E-state index contributed by atoms with van der Waals surface area (Å²) < 4.78 is 9.60. The maximum atomic E-state index is 11.6. The van der Waals surface area contributed by atoms with Crippen molar-refractivity contribution in [1.29, 1.82) is 0 Å². The second-order valence-electron chi connectivity index (χ2n) is 3.48. The van der Waals surface area contributed by atoms with E-state index in [2.05, 4.69) is 0 Å². The molecule has 1 rings (SSSR count). The fourth-order valence-electron chi connectivity index (χ4n) is 1.33. The van der Waals surface area contributed by atoms with E-state index in [0.717, 1.165) is 0 Å². The molecule has 0 radical (unpaired) electrons. The van der Waals surface area contributed by atoms with Gasteiger partial charge in [-0.25, -0.2) is 4.79 Å². The number of phenols is 1. The topological polar surface area (TPSA) is 72.8 Å². The van der Waals surface area contributed by atoms with Crippen molar-refractivity contribution >= 4 is 12.3 Å². The lowest BCUT2D eigenvalue weighted by molar-refractivity contribution is 0.0385. The van der Waals surface area contributed by atoms with Gasteiger partial charge in [0, 0.05) is 12.7 Å². The average Bonchev–Trinajstić information content (AvgIpc) is 2.32. The van der Waals surface area contributed by atoms with Crippen molar-refractivity contribution in [3.63, 3.8) is 0 Å². The van der Waals surface area contributed by atoms with E-state index in [1.54, 1.807) is 6.92 Å². The number of carbonyl (C=O) groups is 2. The molecular weight excluding hydrogens is 224 g/mol. The van der Waals surface area contributed by atoms with Gasteiger partial charge in [-0.1, -0.05) is 0 Å². The fraction of sp³-hybridized carbons (Fsp3) is 0.333. The molecular formula is C12H14O5. The summed E-state index contributed by atoms with van der Waals surface area (Å²) >= 11 is 0. The Labute approximate surface area is 99.0 Å². The molecule has 0 aliphatic heterocycles. The Morgan fingerprint density at radius 3 is 2.71 bits per heavy atom. The minimum Gasteiger partial charge on any atom is -0.507 e. The van der Waals surface area contributed by atoms with Crippen molar-refractivity contribution in [2.75, 3.05) is 20.3 Å². The highest BCUT2D eigenvalue weighted by molar-refractivity contribution is 5.95. The number of rotatable bonds is 5. The second kappa shape index (κ2) is 6.00. The Morgan fingerprint density at radius 2 is 2.12 bits per heavy atom. The number of aromatic hydroxyl groups is 1. The van der Waals surface area contributed by atoms with Gasteiger partial charge in [-0.3, -0.25) is 4.79 Å². The summed E-state index contributed by atoms with van der Waals surface area (Å²) in [5, 5.41) is 9.70. The Hall–Kier alpha value is -1.88. The van der Waals surface area contributed by atoms with E-state index in [0.29, 0.717) is 17.4 Å². The average molecular weight is 238 g/mol. The molecule has 17 heavy (non-hydrogen) atoms. The molecule has 0 atom stereocenters. The lowest BCUT2D eigenvalue weighted by Crippen LogP contribution is -2.11. The quantitative estimate of drug-likeness (QED) is 0.475. The van der Waals surface area contributed by atoms with Gasteiger partial charge < -0.3 is 14.6 Å². The Morgan fingerprint density at radius 1 is 1.41 bits per heavy atom. The number of aldehydes is 1. The predicted octanol–water partition coefficient (Wildman–Crippen LogP) is 1.32. The zero-order valence-corrected chi connectivity index (χ0v) is 9.73. The van der Waals surface area contributed by atoms with Crippen LogP contribution in [0, 0.1) is 6.92 Å². The van der Waals surface area contributed by atoms with Crippen LogP contribution >= 0.6 is 0 Å². The van der Waals surface area contributed by atoms with E-state index in [1.165, 1.54) is 19.2 Å². The maximum Gasteiger partial charge on any atom is 0.342 e. The van der Waals surface area contributed by atoms with Gasteiger partial charge in [0.05, 0.1) is 6.61 Å². The number of hydrogen-bond acceptors (Lipinski definition) is 5. The molecule has 5 nitrogen and oxygen atoms in total. The van der Waals surface area contributed by atoms with Gasteiger partial charge in [0.15, 0.2) is 0 Å². The summed E-state index contributed by atoms with van der Waals surface area (Å²) in [5.41, 5.74) is 0.760. The first-order chi connectivity index (χ1) is 8.10. The van der Waals surface area contributed by atoms with Crippen molar-refractivity contribution < 1.29 is 24.2 Å². The van der Waals surface area contributed by atoms with E-state index in [1.807, 2.05) is 0 Å². The van der Waals surface area contributed by atoms with Crippen LogP contribution in [0.15, 0.2) is 12.1 Å². The Bertz CT molecular complexity index is 425. The molecule has 0 saturated heterocycles. The molecule has 0 saturated carbocycles. The molecule has 1 aromatic carbocycles. The highest BCUT2D eigenvalue weighted by atomic mass is 16.6. The molecule has 0 fully saturated rings. The summed E-state index contributed by atoms with van der Waals surface area (Å²) in [4.78, 5) is 22.3. The highest BCUT2D eigenvalue weighted by Gasteiger charge is 2.15. The third kappa shape index (κ3) is 3.29. The standard InChI is InChI=1S/C12H14O5/c1-8-5-9(7-13)6-10(11(8)14)12(15)17-4-3-16-2/h5-7,14H,3-4H2,1-2H3. The number of hydrogen-bond donors (Lipinski definition) is 1. The van der Waals surface area contributed by atoms with Crippen LogP contribution in [-0.4, -0.2) is 37.7 Å². The summed E-state index contributed by atoms with van der Waals surface area (Å²) in [7, 11) is 1.49. The van der Waals surface area contributed by atoms with Crippen molar-refractivity contribution in [3.05, 3.63) is 28.8 Å². The first-order valence-electron chi connectivity index (χ1n) is 5.05. The SMILES string of the molecule is COCCOC(=O)c1cc(C=O)cc(C)c1O. The van der Waals surface area contributed by atoms with Crippen LogP contribution in [0.1, 0.15) is 26.3 Å². The zero-order valence-electron chi connectivity index (χ0n) is 9.73. The van der Waals surface area contributed by atoms with Gasteiger partial charge in [0.2, 0.25) is 0 Å². The summed E-state index contributed by atoms with van der Waals surface area (Å²) in [5.74, 6) is -0.843. The minimum absolute atomic E-state index is 0.0109. The van der Waals surface area contributed by atoms with E-state index in [-0.39, 0.29) is 24.5 Å².